The summed E-state index contributed by atoms with van der Waals surface area (Å²) in [6, 6.07) is 30.7. The number of hydrogen-bond donors (Lipinski definition) is 4. The predicted octanol–water partition coefficient (Wildman–Crippen LogP) is 4.13. The SMILES string of the molecule is CN(CCCc1ccccc1)Cc1cccc(CN(C)CCCc2ccccc2)c1.O=C(O)C(=O)O.O=C(O)C(=O)O. The Bertz CT molecular complexity index is 1120. The monoisotopic (exact) mass is 580 g/mol. The first kappa shape index (κ1) is 35.5. The van der Waals surface area contributed by atoms with Crippen LogP contribution in [0.3, 0.4) is 0 Å². The zero-order valence-electron chi connectivity index (χ0n) is 24.1. The van der Waals surface area contributed by atoms with Gasteiger partial charge in [-0.1, -0.05) is 84.9 Å². The van der Waals surface area contributed by atoms with Crippen LogP contribution in [-0.4, -0.2) is 81.3 Å². The number of aliphatic carboxylic acids is 4. The van der Waals surface area contributed by atoms with Gasteiger partial charge in [-0.3, -0.25) is 0 Å². The maximum absolute atomic E-state index is 9.10. The highest BCUT2D eigenvalue weighted by atomic mass is 16.4. The zero-order chi connectivity index (χ0) is 31.3. The molecule has 3 aromatic carbocycles. The van der Waals surface area contributed by atoms with Crippen LogP contribution in [0.2, 0.25) is 0 Å². The molecule has 0 aliphatic rings. The van der Waals surface area contributed by atoms with Gasteiger partial charge in [0, 0.05) is 13.1 Å². The molecule has 10 heteroatoms. The molecular formula is C32H40N2O8. The van der Waals surface area contributed by atoms with Crippen molar-refractivity contribution in [3.63, 3.8) is 0 Å². The summed E-state index contributed by atoms with van der Waals surface area (Å²) in [4.78, 5) is 41.3. The van der Waals surface area contributed by atoms with Crippen LogP contribution >= 0.6 is 0 Å². The van der Waals surface area contributed by atoms with Gasteiger partial charge in [0.05, 0.1) is 0 Å². The average Bonchev–Trinajstić information content (AvgIpc) is 2.95. The van der Waals surface area contributed by atoms with E-state index in [1.165, 1.54) is 35.1 Å². The van der Waals surface area contributed by atoms with Crippen LogP contribution in [0.15, 0.2) is 84.9 Å². The van der Waals surface area contributed by atoms with Gasteiger partial charge in [-0.25, -0.2) is 19.2 Å². The molecule has 3 rings (SSSR count). The van der Waals surface area contributed by atoms with Gasteiger partial charge >= 0.3 is 23.9 Å². The summed E-state index contributed by atoms with van der Waals surface area (Å²) in [5.41, 5.74) is 5.69. The normalized spacial score (nSPS) is 10.2. The first-order valence-corrected chi connectivity index (χ1v) is 13.4. The van der Waals surface area contributed by atoms with E-state index in [1.807, 2.05) is 0 Å². The van der Waals surface area contributed by atoms with Crippen LogP contribution in [-0.2, 0) is 45.1 Å². The second kappa shape index (κ2) is 20.4. The molecular weight excluding hydrogens is 540 g/mol. The van der Waals surface area contributed by atoms with Crippen molar-refractivity contribution in [3.8, 4) is 0 Å². The minimum absolute atomic E-state index is 1.01. The van der Waals surface area contributed by atoms with Crippen molar-refractivity contribution in [2.45, 2.75) is 38.8 Å². The van der Waals surface area contributed by atoms with Gasteiger partial charge in [-0.05, 0) is 75.1 Å². The molecule has 0 aliphatic heterocycles. The molecule has 0 fully saturated rings. The van der Waals surface area contributed by atoms with Crippen molar-refractivity contribution in [2.24, 2.45) is 0 Å². The summed E-state index contributed by atoms with van der Waals surface area (Å²) >= 11 is 0. The summed E-state index contributed by atoms with van der Waals surface area (Å²) in [7, 11) is 4.46. The average molecular weight is 581 g/mol. The molecule has 0 aromatic heterocycles. The Morgan fingerprint density at radius 2 is 0.810 bits per heavy atom. The lowest BCUT2D eigenvalue weighted by Crippen LogP contribution is -2.21. The van der Waals surface area contributed by atoms with Gasteiger partial charge in [0.15, 0.2) is 0 Å². The fourth-order valence-electron chi connectivity index (χ4n) is 4.00. The van der Waals surface area contributed by atoms with Crippen LogP contribution < -0.4 is 0 Å². The molecule has 0 amide bonds. The van der Waals surface area contributed by atoms with Crippen molar-refractivity contribution < 1.29 is 39.6 Å². The minimum Gasteiger partial charge on any atom is -0.473 e. The molecule has 226 valence electrons. The lowest BCUT2D eigenvalue weighted by molar-refractivity contribution is -0.159. The van der Waals surface area contributed by atoms with Crippen LogP contribution in [0.25, 0.3) is 0 Å². The molecule has 0 spiro atoms. The smallest absolute Gasteiger partial charge is 0.414 e. The quantitative estimate of drug-likeness (QED) is 0.230. The Balaban J connectivity index is 0.000000618. The van der Waals surface area contributed by atoms with E-state index in [-0.39, 0.29) is 0 Å². The van der Waals surface area contributed by atoms with Gasteiger partial charge in [-0.15, -0.1) is 0 Å². The van der Waals surface area contributed by atoms with Crippen LogP contribution in [0, 0.1) is 0 Å². The second-order valence-corrected chi connectivity index (χ2v) is 9.69. The maximum Gasteiger partial charge on any atom is 0.414 e. The molecule has 3 aromatic rings. The highest BCUT2D eigenvalue weighted by Crippen LogP contribution is 2.12. The largest absolute Gasteiger partial charge is 0.473 e. The highest BCUT2D eigenvalue weighted by Gasteiger charge is 2.06. The first-order chi connectivity index (χ1) is 20.0. The number of nitrogens with zero attached hydrogens (tertiary/aromatic N) is 2. The molecule has 0 unspecified atom stereocenters. The maximum atomic E-state index is 9.10. The summed E-state index contributed by atoms with van der Waals surface area (Å²) in [5.74, 6) is -7.30. The van der Waals surface area contributed by atoms with Crippen LogP contribution in [0.1, 0.15) is 35.1 Å². The van der Waals surface area contributed by atoms with Gasteiger partial charge in [0.2, 0.25) is 0 Å². The van der Waals surface area contributed by atoms with Crippen LogP contribution in [0.4, 0.5) is 0 Å². The van der Waals surface area contributed by atoms with E-state index in [0.717, 1.165) is 39.0 Å². The van der Waals surface area contributed by atoms with Crippen molar-refractivity contribution in [3.05, 3.63) is 107 Å². The summed E-state index contributed by atoms with van der Waals surface area (Å²) in [6.45, 7) is 4.28. The first-order valence-electron chi connectivity index (χ1n) is 13.4. The number of rotatable bonds is 12. The molecule has 0 aliphatic carbocycles. The zero-order valence-corrected chi connectivity index (χ0v) is 24.1. The third-order valence-corrected chi connectivity index (χ3v) is 5.96. The molecule has 10 nitrogen and oxygen atoms in total. The standard InChI is InChI=1S/C28H36N2.2C2H2O4/c1-29(20-10-18-25-12-5-3-6-13-25)23-27-16-9-17-28(22-27)24-30(2)21-11-19-26-14-7-4-8-15-26;2*3-1(4)2(5)6/h3-9,12-17,22H,10-11,18-21,23-24H2,1-2H3;2*(H,3,4)(H,5,6). The fraction of sp³-hybridized carbons (Fsp3) is 0.312. The Morgan fingerprint density at radius 1 is 0.500 bits per heavy atom. The minimum atomic E-state index is -1.82. The van der Waals surface area contributed by atoms with E-state index in [9.17, 15) is 0 Å². The van der Waals surface area contributed by atoms with Crippen LogP contribution in [0.5, 0.6) is 0 Å². The number of aryl methyl sites for hydroxylation is 2. The Morgan fingerprint density at radius 3 is 1.12 bits per heavy atom. The third kappa shape index (κ3) is 17.2. The fourth-order valence-corrected chi connectivity index (χ4v) is 4.00. The Labute approximate surface area is 246 Å². The number of carboxylic acids is 4. The molecule has 0 bridgehead atoms. The van der Waals surface area contributed by atoms with E-state index in [1.54, 1.807) is 0 Å². The molecule has 0 heterocycles. The number of hydrogen-bond acceptors (Lipinski definition) is 6. The topological polar surface area (TPSA) is 156 Å². The van der Waals surface area contributed by atoms with Gasteiger partial charge < -0.3 is 30.2 Å². The van der Waals surface area contributed by atoms with Crippen molar-refractivity contribution >= 4 is 23.9 Å². The van der Waals surface area contributed by atoms with Crippen molar-refractivity contribution in [1.29, 1.82) is 0 Å². The van der Waals surface area contributed by atoms with Crippen molar-refractivity contribution in [2.75, 3.05) is 27.2 Å². The summed E-state index contributed by atoms with van der Waals surface area (Å²) < 4.78 is 0. The summed E-state index contributed by atoms with van der Waals surface area (Å²) in [5, 5.41) is 29.6. The molecule has 0 radical (unpaired) electrons. The Hall–Kier alpha value is -4.54. The van der Waals surface area contributed by atoms with E-state index in [2.05, 4.69) is 109 Å². The molecule has 4 N–H and O–H groups in total. The highest BCUT2D eigenvalue weighted by molar-refractivity contribution is 6.27. The van der Waals surface area contributed by atoms with Gasteiger partial charge in [-0.2, -0.15) is 0 Å². The van der Waals surface area contributed by atoms with E-state index in [0.29, 0.717) is 0 Å². The Kier molecular flexibility index (Phi) is 17.2. The van der Waals surface area contributed by atoms with Gasteiger partial charge in [0.25, 0.3) is 0 Å². The third-order valence-electron chi connectivity index (χ3n) is 5.96. The van der Waals surface area contributed by atoms with Gasteiger partial charge in [0.1, 0.15) is 0 Å². The second-order valence-electron chi connectivity index (χ2n) is 9.69. The molecule has 0 saturated heterocycles. The number of benzene rings is 3. The molecule has 0 atom stereocenters. The number of carboxylic acid groups (broad SMARTS) is 4. The van der Waals surface area contributed by atoms with Crippen molar-refractivity contribution in [1.82, 2.24) is 9.80 Å². The lowest BCUT2D eigenvalue weighted by atomic mass is 10.1. The lowest BCUT2D eigenvalue weighted by Gasteiger charge is -2.19. The molecule has 42 heavy (non-hydrogen) atoms. The van der Waals surface area contributed by atoms with E-state index >= 15 is 0 Å². The predicted molar refractivity (Wildman–Crippen MR) is 159 cm³/mol. The van der Waals surface area contributed by atoms with E-state index < -0.39 is 23.9 Å². The number of carbonyl (C=O) groups is 4. The summed E-state index contributed by atoms with van der Waals surface area (Å²) in [6.07, 6.45) is 4.70. The molecule has 0 saturated carbocycles. The van der Waals surface area contributed by atoms with E-state index in [4.69, 9.17) is 39.6 Å².